The first-order valence-corrected chi connectivity index (χ1v) is 8.06. The Balaban J connectivity index is 2.01. The minimum Gasteiger partial charge on any atom is -0.491 e. The van der Waals surface area contributed by atoms with Crippen molar-refractivity contribution < 1.29 is 18.3 Å². The molecule has 22 heavy (non-hydrogen) atoms. The van der Waals surface area contributed by atoms with E-state index in [-0.39, 0.29) is 17.8 Å². The van der Waals surface area contributed by atoms with Gasteiger partial charge in [0.15, 0.2) is 11.6 Å². The normalized spacial score (nSPS) is 22.2. The lowest BCUT2D eigenvalue weighted by Gasteiger charge is -2.28. The molecule has 0 aromatic heterocycles. The predicted molar refractivity (Wildman–Crippen MR) is 83.3 cm³/mol. The van der Waals surface area contributed by atoms with Crippen LogP contribution in [-0.2, 0) is 4.74 Å². The van der Waals surface area contributed by atoms with Crippen LogP contribution in [0.3, 0.4) is 0 Å². The molecular weight excluding hydrogens is 286 g/mol. The number of halogens is 2. The van der Waals surface area contributed by atoms with Gasteiger partial charge in [0.05, 0.1) is 19.3 Å². The number of hydrogen-bond acceptors (Lipinski definition) is 2. The van der Waals surface area contributed by atoms with Gasteiger partial charge in [-0.05, 0) is 37.8 Å². The van der Waals surface area contributed by atoms with E-state index in [1.54, 1.807) is 13.0 Å². The Hall–Kier alpha value is -1.42. The third kappa shape index (κ3) is 4.07. The van der Waals surface area contributed by atoms with Gasteiger partial charge >= 0.3 is 0 Å². The molecule has 1 heterocycles. The van der Waals surface area contributed by atoms with Gasteiger partial charge in [-0.25, -0.2) is 4.39 Å². The fraction of sp³-hybridized carbons (Fsp3) is 0.556. The number of hydrogen-bond donors (Lipinski definition) is 0. The van der Waals surface area contributed by atoms with Crippen molar-refractivity contribution in [2.24, 2.45) is 0 Å². The first-order valence-electron chi connectivity index (χ1n) is 8.06. The zero-order valence-corrected chi connectivity index (χ0v) is 13.3. The van der Waals surface area contributed by atoms with Crippen LogP contribution >= 0.6 is 0 Å². The molecule has 0 saturated carbocycles. The fourth-order valence-electron chi connectivity index (χ4n) is 2.71. The molecule has 1 unspecified atom stereocenters. The molecule has 1 aliphatic rings. The lowest BCUT2D eigenvalue weighted by atomic mass is 9.90. The van der Waals surface area contributed by atoms with Crippen LogP contribution in [0.1, 0.15) is 51.0 Å². The molecule has 2 rings (SSSR count). The standard InChI is InChI=1S/C18H24F2O2/c1-3-5-6-7-14-9-8-13(12-22-14)15-10-11-16(21-4-2)18(20)17(15)19/h6-7,10-11,13-14H,3-5,8-9,12H2,1-2H3/b7-6+/t13-,14?/m1/s1. The number of unbranched alkanes of at least 4 members (excludes halogenated alkanes) is 1. The van der Waals surface area contributed by atoms with Gasteiger partial charge in [-0.2, -0.15) is 4.39 Å². The minimum atomic E-state index is -0.899. The molecule has 0 N–H and O–H groups in total. The summed E-state index contributed by atoms with van der Waals surface area (Å²) in [6, 6.07) is 3.12. The van der Waals surface area contributed by atoms with Gasteiger partial charge in [-0.3, -0.25) is 0 Å². The highest BCUT2D eigenvalue weighted by Gasteiger charge is 2.26. The summed E-state index contributed by atoms with van der Waals surface area (Å²) in [7, 11) is 0. The molecule has 0 bridgehead atoms. The Morgan fingerprint density at radius 3 is 2.68 bits per heavy atom. The van der Waals surface area contributed by atoms with E-state index in [2.05, 4.69) is 19.1 Å². The molecule has 122 valence electrons. The molecule has 1 aliphatic heterocycles. The molecular formula is C18H24F2O2. The summed E-state index contributed by atoms with van der Waals surface area (Å²) in [6.07, 6.45) is 8.09. The van der Waals surface area contributed by atoms with Crippen LogP contribution in [-0.4, -0.2) is 19.3 Å². The van der Waals surface area contributed by atoms with E-state index < -0.39 is 11.6 Å². The molecule has 1 fully saturated rings. The van der Waals surface area contributed by atoms with Gasteiger partial charge in [0, 0.05) is 5.92 Å². The van der Waals surface area contributed by atoms with Gasteiger partial charge in [-0.1, -0.05) is 31.6 Å². The topological polar surface area (TPSA) is 18.5 Å². The van der Waals surface area contributed by atoms with E-state index in [1.165, 1.54) is 6.07 Å². The number of allylic oxidation sites excluding steroid dienone is 1. The Kier molecular flexibility index (Phi) is 6.37. The summed E-state index contributed by atoms with van der Waals surface area (Å²) < 4.78 is 39.0. The van der Waals surface area contributed by atoms with Crippen molar-refractivity contribution in [3.05, 3.63) is 41.5 Å². The molecule has 1 saturated heterocycles. The van der Waals surface area contributed by atoms with Gasteiger partial charge in [0.2, 0.25) is 5.82 Å². The van der Waals surface area contributed by atoms with Crippen LogP contribution in [0.15, 0.2) is 24.3 Å². The first kappa shape index (κ1) is 16.9. The first-order chi connectivity index (χ1) is 10.7. The summed E-state index contributed by atoms with van der Waals surface area (Å²) in [6.45, 7) is 4.61. The van der Waals surface area contributed by atoms with E-state index in [9.17, 15) is 8.78 Å². The maximum atomic E-state index is 14.2. The maximum absolute atomic E-state index is 14.2. The Bertz CT molecular complexity index is 506. The summed E-state index contributed by atoms with van der Waals surface area (Å²) in [5, 5.41) is 0. The van der Waals surface area contributed by atoms with Crippen LogP contribution < -0.4 is 4.74 Å². The van der Waals surface area contributed by atoms with Gasteiger partial charge in [0.1, 0.15) is 0 Å². The van der Waals surface area contributed by atoms with E-state index in [1.807, 2.05) is 0 Å². The van der Waals surface area contributed by atoms with Crippen molar-refractivity contribution in [1.82, 2.24) is 0 Å². The average Bonchev–Trinajstić information content (AvgIpc) is 2.53. The van der Waals surface area contributed by atoms with Gasteiger partial charge < -0.3 is 9.47 Å². The number of rotatable bonds is 6. The molecule has 4 heteroatoms. The van der Waals surface area contributed by atoms with Gasteiger partial charge in [-0.15, -0.1) is 0 Å². The third-order valence-electron chi connectivity index (χ3n) is 3.93. The lowest BCUT2D eigenvalue weighted by Crippen LogP contribution is -2.24. The second-order valence-corrected chi connectivity index (χ2v) is 5.58. The smallest absolute Gasteiger partial charge is 0.200 e. The van der Waals surface area contributed by atoms with Crippen LogP contribution in [0.4, 0.5) is 8.78 Å². The van der Waals surface area contributed by atoms with Crippen molar-refractivity contribution in [3.8, 4) is 5.75 Å². The van der Waals surface area contributed by atoms with Crippen molar-refractivity contribution in [3.63, 3.8) is 0 Å². The highest BCUT2D eigenvalue weighted by Crippen LogP contribution is 2.33. The zero-order chi connectivity index (χ0) is 15.9. The van der Waals surface area contributed by atoms with Crippen molar-refractivity contribution in [1.29, 1.82) is 0 Å². The molecule has 0 radical (unpaired) electrons. The molecule has 0 spiro atoms. The predicted octanol–water partition coefficient (Wildman–Crippen LogP) is 4.98. The molecule has 0 aliphatic carbocycles. The Morgan fingerprint density at radius 2 is 2.05 bits per heavy atom. The highest BCUT2D eigenvalue weighted by molar-refractivity contribution is 5.33. The second-order valence-electron chi connectivity index (χ2n) is 5.58. The summed E-state index contributed by atoms with van der Waals surface area (Å²) in [4.78, 5) is 0. The zero-order valence-electron chi connectivity index (χ0n) is 13.3. The van der Waals surface area contributed by atoms with Crippen LogP contribution in [0.5, 0.6) is 5.75 Å². The monoisotopic (exact) mass is 310 g/mol. The van der Waals surface area contributed by atoms with E-state index in [0.717, 1.165) is 25.7 Å². The molecule has 2 atom stereocenters. The molecule has 0 amide bonds. The molecule has 1 aromatic carbocycles. The average molecular weight is 310 g/mol. The van der Waals surface area contributed by atoms with E-state index in [4.69, 9.17) is 9.47 Å². The second kappa shape index (κ2) is 8.28. The molecule has 2 nitrogen and oxygen atoms in total. The summed E-state index contributed by atoms with van der Waals surface area (Å²) in [5.41, 5.74) is 0.386. The SMILES string of the molecule is CCC/C=C/C1CC[C@@H](c2ccc(OCC)c(F)c2F)CO1. The van der Waals surface area contributed by atoms with Crippen molar-refractivity contribution >= 4 is 0 Å². The van der Waals surface area contributed by atoms with Crippen LogP contribution in [0.2, 0.25) is 0 Å². The van der Waals surface area contributed by atoms with E-state index >= 15 is 0 Å². The van der Waals surface area contributed by atoms with E-state index in [0.29, 0.717) is 18.8 Å². The maximum Gasteiger partial charge on any atom is 0.200 e. The fourth-order valence-corrected chi connectivity index (χ4v) is 2.71. The minimum absolute atomic E-state index is 0.0270. The van der Waals surface area contributed by atoms with Gasteiger partial charge in [0.25, 0.3) is 0 Å². The highest BCUT2D eigenvalue weighted by atomic mass is 19.2. The summed E-state index contributed by atoms with van der Waals surface area (Å²) >= 11 is 0. The number of ether oxygens (including phenoxy) is 2. The lowest BCUT2D eigenvalue weighted by molar-refractivity contribution is 0.0316. The largest absolute Gasteiger partial charge is 0.491 e. The number of benzene rings is 1. The third-order valence-corrected chi connectivity index (χ3v) is 3.93. The Labute approximate surface area is 131 Å². The molecule has 1 aromatic rings. The van der Waals surface area contributed by atoms with Crippen molar-refractivity contribution in [2.75, 3.05) is 13.2 Å². The quantitative estimate of drug-likeness (QED) is 0.690. The van der Waals surface area contributed by atoms with Crippen LogP contribution in [0, 0.1) is 11.6 Å². The van der Waals surface area contributed by atoms with Crippen molar-refractivity contribution in [2.45, 2.75) is 51.6 Å². The van der Waals surface area contributed by atoms with Crippen LogP contribution in [0.25, 0.3) is 0 Å². The Morgan fingerprint density at radius 1 is 1.23 bits per heavy atom. The summed E-state index contributed by atoms with van der Waals surface area (Å²) in [5.74, 6) is -1.83.